The minimum Gasteiger partial charge on any atom is -0.348 e. The summed E-state index contributed by atoms with van der Waals surface area (Å²) in [5.74, 6) is -0.181. The van der Waals surface area contributed by atoms with E-state index >= 15 is 0 Å². The first-order valence-corrected chi connectivity index (χ1v) is 8.03. The van der Waals surface area contributed by atoms with Gasteiger partial charge in [-0.15, -0.1) is 0 Å². The molecule has 0 saturated carbocycles. The zero-order valence-electron chi connectivity index (χ0n) is 13.7. The third-order valence-electron chi connectivity index (χ3n) is 4.34. The van der Waals surface area contributed by atoms with Crippen LogP contribution in [0, 0.1) is 13.8 Å². The largest absolute Gasteiger partial charge is 0.348 e. The molecular formula is C17H18N6O. The van der Waals surface area contributed by atoms with Crippen molar-refractivity contribution in [1.82, 2.24) is 29.9 Å². The SMILES string of the molecule is Cc1cnc(C(=O)NC2CCc3c(cnc4cc(C)nn34)C2)cn1. The van der Waals surface area contributed by atoms with Gasteiger partial charge in [0, 0.05) is 30.2 Å². The lowest BCUT2D eigenvalue weighted by Gasteiger charge is -2.25. The number of carbonyl (C=O) groups excluding carboxylic acids is 1. The molecule has 1 aliphatic carbocycles. The van der Waals surface area contributed by atoms with Crippen molar-refractivity contribution in [1.29, 1.82) is 0 Å². The Bertz CT molecular complexity index is 915. The maximum Gasteiger partial charge on any atom is 0.271 e. The zero-order valence-corrected chi connectivity index (χ0v) is 13.7. The van der Waals surface area contributed by atoms with E-state index in [1.165, 1.54) is 11.9 Å². The minimum absolute atomic E-state index is 0.0732. The van der Waals surface area contributed by atoms with Gasteiger partial charge in [-0.1, -0.05) is 0 Å². The van der Waals surface area contributed by atoms with Gasteiger partial charge in [-0.05, 0) is 38.7 Å². The molecule has 0 fully saturated rings. The summed E-state index contributed by atoms with van der Waals surface area (Å²) in [5, 5.41) is 7.57. The summed E-state index contributed by atoms with van der Waals surface area (Å²) in [7, 11) is 0. The lowest BCUT2D eigenvalue weighted by atomic mass is 9.92. The van der Waals surface area contributed by atoms with Gasteiger partial charge < -0.3 is 5.32 Å². The summed E-state index contributed by atoms with van der Waals surface area (Å²) < 4.78 is 1.92. The molecule has 7 nitrogen and oxygen atoms in total. The molecule has 1 amide bonds. The Labute approximate surface area is 139 Å². The van der Waals surface area contributed by atoms with Gasteiger partial charge in [0.25, 0.3) is 5.91 Å². The van der Waals surface area contributed by atoms with Gasteiger partial charge in [0.15, 0.2) is 5.65 Å². The normalized spacial score (nSPS) is 16.8. The fourth-order valence-electron chi connectivity index (χ4n) is 3.14. The average Bonchev–Trinajstić information content (AvgIpc) is 2.96. The van der Waals surface area contributed by atoms with Crippen LogP contribution in [0.4, 0.5) is 0 Å². The van der Waals surface area contributed by atoms with E-state index in [1.807, 2.05) is 30.6 Å². The quantitative estimate of drug-likeness (QED) is 0.771. The molecule has 3 aromatic heterocycles. The highest BCUT2D eigenvalue weighted by Gasteiger charge is 2.24. The first kappa shape index (κ1) is 14.7. The number of nitrogens with one attached hydrogen (secondary N) is 1. The number of nitrogens with zero attached hydrogens (tertiary/aromatic N) is 5. The molecule has 0 aliphatic heterocycles. The molecule has 0 radical (unpaired) electrons. The molecular weight excluding hydrogens is 304 g/mol. The van der Waals surface area contributed by atoms with E-state index in [9.17, 15) is 4.79 Å². The number of hydrogen-bond donors (Lipinski definition) is 1. The number of hydrogen-bond acceptors (Lipinski definition) is 5. The number of carbonyl (C=O) groups is 1. The Balaban J connectivity index is 1.53. The van der Waals surface area contributed by atoms with Gasteiger partial charge in [-0.25, -0.2) is 14.5 Å². The first-order valence-electron chi connectivity index (χ1n) is 8.03. The average molecular weight is 322 g/mol. The molecule has 0 bridgehead atoms. The Morgan fingerprint density at radius 3 is 2.83 bits per heavy atom. The number of fused-ring (bicyclic) bond motifs is 3. The fourth-order valence-corrected chi connectivity index (χ4v) is 3.14. The van der Waals surface area contributed by atoms with Crippen molar-refractivity contribution >= 4 is 11.6 Å². The number of amides is 1. The predicted octanol–water partition coefficient (Wildman–Crippen LogP) is 1.42. The first-order chi connectivity index (χ1) is 11.6. The van der Waals surface area contributed by atoms with Crippen LogP contribution in [0.5, 0.6) is 0 Å². The Morgan fingerprint density at radius 1 is 1.17 bits per heavy atom. The van der Waals surface area contributed by atoms with Crippen molar-refractivity contribution in [3.05, 3.63) is 53.0 Å². The van der Waals surface area contributed by atoms with Crippen LogP contribution in [0.1, 0.15) is 39.6 Å². The van der Waals surface area contributed by atoms with Crippen molar-refractivity contribution in [2.45, 2.75) is 39.2 Å². The van der Waals surface area contributed by atoms with Crippen LogP contribution in [-0.4, -0.2) is 36.5 Å². The van der Waals surface area contributed by atoms with Crippen molar-refractivity contribution in [3.63, 3.8) is 0 Å². The zero-order chi connectivity index (χ0) is 16.7. The molecule has 0 aromatic carbocycles. The van der Waals surface area contributed by atoms with Gasteiger partial charge in [0.1, 0.15) is 5.69 Å². The predicted molar refractivity (Wildman–Crippen MR) is 87.8 cm³/mol. The van der Waals surface area contributed by atoms with E-state index < -0.39 is 0 Å². The van der Waals surface area contributed by atoms with Crippen LogP contribution in [-0.2, 0) is 12.8 Å². The van der Waals surface area contributed by atoms with Crippen LogP contribution in [0.25, 0.3) is 5.65 Å². The lowest BCUT2D eigenvalue weighted by molar-refractivity contribution is 0.0928. The highest BCUT2D eigenvalue weighted by atomic mass is 16.1. The Kier molecular flexibility index (Phi) is 3.48. The van der Waals surface area contributed by atoms with Crippen LogP contribution in [0.3, 0.4) is 0 Å². The van der Waals surface area contributed by atoms with Crippen molar-refractivity contribution in [2.24, 2.45) is 0 Å². The van der Waals surface area contributed by atoms with E-state index in [0.29, 0.717) is 5.69 Å². The second kappa shape index (κ2) is 5.67. The molecule has 1 unspecified atom stereocenters. The molecule has 1 atom stereocenters. The summed E-state index contributed by atoms with van der Waals surface area (Å²) in [6.45, 7) is 3.81. The third kappa shape index (κ3) is 2.62. The van der Waals surface area contributed by atoms with Crippen LogP contribution in [0.15, 0.2) is 24.7 Å². The van der Waals surface area contributed by atoms with E-state index in [2.05, 4.69) is 25.4 Å². The summed E-state index contributed by atoms with van der Waals surface area (Å²) in [6, 6.07) is 2.05. The topological polar surface area (TPSA) is 85.1 Å². The van der Waals surface area contributed by atoms with Gasteiger partial charge in [-0.2, -0.15) is 5.10 Å². The molecule has 3 aromatic rings. The highest BCUT2D eigenvalue weighted by molar-refractivity contribution is 5.92. The molecule has 0 saturated heterocycles. The van der Waals surface area contributed by atoms with E-state index in [1.54, 1.807) is 6.20 Å². The lowest BCUT2D eigenvalue weighted by Crippen LogP contribution is -2.39. The second-order valence-corrected chi connectivity index (χ2v) is 6.24. The Morgan fingerprint density at radius 2 is 2.04 bits per heavy atom. The van der Waals surface area contributed by atoms with Crippen molar-refractivity contribution in [3.8, 4) is 0 Å². The fraction of sp³-hybridized carbons (Fsp3) is 0.353. The van der Waals surface area contributed by atoms with Crippen molar-refractivity contribution in [2.75, 3.05) is 0 Å². The smallest absolute Gasteiger partial charge is 0.271 e. The number of rotatable bonds is 2. The highest BCUT2D eigenvalue weighted by Crippen LogP contribution is 2.22. The molecule has 3 heterocycles. The van der Waals surface area contributed by atoms with Gasteiger partial charge >= 0.3 is 0 Å². The van der Waals surface area contributed by atoms with Gasteiger partial charge in [0.2, 0.25) is 0 Å². The standard InChI is InChI=1S/C17H18N6O/c1-10-5-16-20-8-12-6-13(3-4-15(12)23(16)22-10)21-17(24)14-9-18-11(2)7-19-14/h5,7-9,13H,3-4,6H2,1-2H3,(H,21,24). The van der Waals surface area contributed by atoms with E-state index in [0.717, 1.165) is 41.9 Å². The maximum atomic E-state index is 12.3. The monoisotopic (exact) mass is 322 g/mol. The summed E-state index contributed by atoms with van der Waals surface area (Å²) in [5.41, 5.74) is 5.31. The van der Waals surface area contributed by atoms with E-state index in [4.69, 9.17) is 0 Å². The molecule has 1 N–H and O–H groups in total. The number of aryl methyl sites for hydroxylation is 3. The molecule has 24 heavy (non-hydrogen) atoms. The van der Waals surface area contributed by atoms with Gasteiger partial charge in [0.05, 0.1) is 17.6 Å². The van der Waals surface area contributed by atoms with Gasteiger partial charge in [-0.3, -0.25) is 9.78 Å². The van der Waals surface area contributed by atoms with Crippen LogP contribution < -0.4 is 5.32 Å². The maximum absolute atomic E-state index is 12.3. The van der Waals surface area contributed by atoms with Crippen LogP contribution in [0.2, 0.25) is 0 Å². The molecule has 1 aliphatic rings. The summed E-state index contributed by atoms with van der Waals surface area (Å²) in [4.78, 5) is 25.0. The third-order valence-corrected chi connectivity index (χ3v) is 4.34. The summed E-state index contributed by atoms with van der Waals surface area (Å²) >= 11 is 0. The van der Waals surface area contributed by atoms with Crippen molar-refractivity contribution < 1.29 is 4.79 Å². The molecule has 0 spiro atoms. The minimum atomic E-state index is -0.181. The van der Waals surface area contributed by atoms with E-state index in [-0.39, 0.29) is 11.9 Å². The molecule has 7 heteroatoms. The number of aromatic nitrogens is 5. The molecule has 4 rings (SSSR count). The second-order valence-electron chi connectivity index (χ2n) is 6.24. The summed E-state index contributed by atoms with van der Waals surface area (Å²) in [6.07, 6.45) is 7.50. The Hall–Kier alpha value is -2.83. The molecule has 122 valence electrons. The van der Waals surface area contributed by atoms with Crippen LogP contribution >= 0.6 is 0 Å².